The number of nitrogens with zero attached hydrogens (tertiary/aromatic N) is 3. The standard InChI is InChI=1S/C15H20N4O3/c1-11-9-17(7-5-16-11)10-15(20)18-6-4-12-2-3-13(19(21)22)8-14(12)18/h2-3,8,11,16H,4-7,9-10H2,1H3/t11-/m1/s1. The molecule has 0 saturated carbocycles. The van der Waals surface area contributed by atoms with E-state index in [0.717, 1.165) is 31.6 Å². The number of carbonyl (C=O) groups excluding carboxylic acids is 1. The van der Waals surface area contributed by atoms with Crippen molar-refractivity contribution in [2.75, 3.05) is 37.6 Å². The van der Waals surface area contributed by atoms with Gasteiger partial charge in [-0.3, -0.25) is 19.8 Å². The number of anilines is 1. The first-order valence-electron chi connectivity index (χ1n) is 7.58. The molecule has 0 radical (unpaired) electrons. The molecule has 2 aliphatic heterocycles. The number of benzene rings is 1. The minimum atomic E-state index is -0.417. The number of nitro groups is 1. The molecule has 0 aliphatic carbocycles. The molecule has 7 heteroatoms. The van der Waals surface area contributed by atoms with Gasteiger partial charge in [-0.1, -0.05) is 6.07 Å². The Bertz CT molecular complexity index is 604. The van der Waals surface area contributed by atoms with E-state index in [1.807, 2.05) is 0 Å². The molecule has 1 saturated heterocycles. The van der Waals surface area contributed by atoms with Crippen LogP contribution in [0.1, 0.15) is 12.5 Å². The van der Waals surface area contributed by atoms with Crippen molar-refractivity contribution in [3.05, 3.63) is 33.9 Å². The number of carbonyl (C=O) groups is 1. The van der Waals surface area contributed by atoms with Crippen molar-refractivity contribution in [2.45, 2.75) is 19.4 Å². The van der Waals surface area contributed by atoms with Crippen molar-refractivity contribution < 1.29 is 9.72 Å². The Hall–Kier alpha value is -1.99. The number of hydrogen-bond donors (Lipinski definition) is 1. The number of piperazine rings is 1. The highest BCUT2D eigenvalue weighted by Gasteiger charge is 2.28. The van der Waals surface area contributed by atoms with Crippen LogP contribution in [0.2, 0.25) is 0 Å². The number of nitro benzene ring substituents is 1. The van der Waals surface area contributed by atoms with Gasteiger partial charge in [0, 0.05) is 44.4 Å². The number of nitrogens with one attached hydrogen (secondary N) is 1. The molecule has 1 amide bonds. The summed E-state index contributed by atoms with van der Waals surface area (Å²) in [5, 5.41) is 14.3. The molecular weight excluding hydrogens is 284 g/mol. The molecule has 1 fully saturated rings. The van der Waals surface area contributed by atoms with E-state index in [4.69, 9.17) is 0 Å². The highest BCUT2D eigenvalue weighted by Crippen LogP contribution is 2.31. The Morgan fingerprint density at radius 1 is 1.45 bits per heavy atom. The second-order valence-electron chi connectivity index (χ2n) is 5.96. The maximum atomic E-state index is 12.6. The summed E-state index contributed by atoms with van der Waals surface area (Å²) >= 11 is 0. The minimum absolute atomic E-state index is 0.0216. The summed E-state index contributed by atoms with van der Waals surface area (Å²) in [4.78, 5) is 26.9. The van der Waals surface area contributed by atoms with Gasteiger partial charge >= 0.3 is 0 Å². The van der Waals surface area contributed by atoms with Crippen LogP contribution in [0.5, 0.6) is 0 Å². The Kier molecular flexibility index (Phi) is 4.08. The van der Waals surface area contributed by atoms with Crippen molar-refractivity contribution >= 4 is 17.3 Å². The Balaban J connectivity index is 1.73. The zero-order chi connectivity index (χ0) is 15.7. The largest absolute Gasteiger partial charge is 0.312 e. The zero-order valence-electron chi connectivity index (χ0n) is 12.6. The maximum absolute atomic E-state index is 12.6. The normalized spacial score (nSPS) is 21.7. The molecule has 1 N–H and O–H groups in total. The van der Waals surface area contributed by atoms with Crippen molar-refractivity contribution in [1.82, 2.24) is 10.2 Å². The summed E-state index contributed by atoms with van der Waals surface area (Å²) in [5.74, 6) is 0.0216. The molecule has 7 nitrogen and oxygen atoms in total. The SMILES string of the molecule is C[C@@H]1CN(CC(=O)N2CCc3ccc([N+](=O)[O-])cc32)CCN1. The van der Waals surface area contributed by atoms with Crippen LogP contribution < -0.4 is 10.2 Å². The topological polar surface area (TPSA) is 78.7 Å². The first-order valence-corrected chi connectivity index (χ1v) is 7.58. The van der Waals surface area contributed by atoms with E-state index in [2.05, 4.69) is 17.1 Å². The van der Waals surface area contributed by atoms with Crippen LogP contribution in [0.4, 0.5) is 11.4 Å². The van der Waals surface area contributed by atoms with Gasteiger partial charge < -0.3 is 10.2 Å². The summed E-state index contributed by atoms with van der Waals surface area (Å²) in [6.45, 7) is 5.67. The number of rotatable bonds is 3. The number of fused-ring (bicyclic) bond motifs is 1. The Morgan fingerprint density at radius 2 is 2.27 bits per heavy atom. The van der Waals surface area contributed by atoms with Gasteiger partial charge in [-0.2, -0.15) is 0 Å². The zero-order valence-corrected chi connectivity index (χ0v) is 12.6. The van der Waals surface area contributed by atoms with E-state index in [-0.39, 0.29) is 11.6 Å². The third-order valence-electron chi connectivity index (χ3n) is 4.29. The smallest absolute Gasteiger partial charge is 0.271 e. The predicted molar refractivity (Wildman–Crippen MR) is 83.1 cm³/mol. The lowest BCUT2D eigenvalue weighted by Gasteiger charge is -2.32. The molecular formula is C15H20N4O3. The van der Waals surface area contributed by atoms with Crippen molar-refractivity contribution in [3.63, 3.8) is 0 Å². The summed E-state index contributed by atoms with van der Waals surface area (Å²) in [5.41, 5.74) is 1.74. The van der Waals surface area contributed by atoms with E-state index in [9.17, 15) is 14.9 Å². The molecule has 3 rings (SSSR count). The lowest BCUT2D eigenvalue weighted by molar-refractivity contribution is -0.384. The predicted octanol–water partition coefficient (Wildman–Crippen LogP) is 0.778. The van der Waals surface area contributed by atoms with Crippen LogP contribution >= 0.6 is 0 Å². The van der Waals surface area contributed by atoms with Crippen molar-refractivity contribution in [1.29, 1.82) is 0 Å². The number of non-ortho nitro benzene ring substituents is 1. The molecule has 0 bridgehead atoms. The Labute approximate surface area is 129 Å². The van der Waals surface area contributed by atoms with Gasteiger partial charge in [-0.15, -0.1) is 0 Å². The summed E-state index contributed by atoms with van der Waals surface area (Å²) in [6, 6.07) is 5.16. The molecule has 2 aliphatic rings. The van der Waals surface area contributed by atoms with E-state index in [1.54, 1.807) is 11.0 Å². The minimum Gasteiger partial charge on any atom is -0.312 e. The number of hydrogen-bond acceptors (Lipinski definition) is 5. The van der Waals surface area contributed by atoms with Gasteiger partial charge in [0.05, 0.1) is 17.2 Å². The quantitative estimate of drug-likeness (QED) is 0.659. The summed E-state index contributed by atoms with van der Waals surface area (Å²) in [7, 11) is 0. The van der Waals surface area contributed by atoms with Crippen molar-refractivity contribution in [3.8, 4) is 0 Å². The van der Waals surface area contributed by atoms with Crippen LogP contribution in [-0.2, 0) is 11.2 Å². The van der Waals surface area contributed by atoms with E-state index >= 15 is 0 Å². The van der Waals surface area contributed by atoms with Gasteiger partial charge in [0.2, 0.25) is 5.91 Å². The molecule has 0 spiro atoms. The van der Waals surface area contributed by atoms with Gasteiger partial charge in [-0.05, 0) is 18.9 Å². The second-order valence-corrected chi connectivity index (χ2v) is 5.96. The lowest BCUT2D eigenvalue weighted by atomic mass is 10.1. The second kappa shape index (κ2) is 6.02. The highest BCUT2D eigenvalue weighted by molar-refractivity contribution is 5.97. The first kappa shape index (κ1) is 14.9. The summed E-state index contributed by atoms with van der Waals surface area (Å²) in [6.07, 6.45) is 0.761. The van der Waals surface area contributed by atoms with Crippen LogP contribution in [0, 0.1) is 10.1 Å². The van der Waals surface area contributed by atoms with E-state index in [1.165, 1.54) is 12.1 Å². The molecule has 1 atom stereocenters. The fraction of sp³-hybridized carbons (Fsp3) is 0.533. The average Bonchev–Trinajstić information content (AvgIpc) is 2.90. The number of amides is 1. The first-order chi connectivity index (χ1) is 10.5. The van der Waals surface area contributed by atoms with Crippen LogP contribution in [0.25, 0.3) is 0 Å². The fourth-order valence-corrected chi connectivity index (χ4v) is 3.17. The van der Waals surface area contributed by atoms with E-state index < -0.39 is 4.92 Å². The fourth-order valence-electron chi connectivity index (χ4n) is 3.17. The lowest BCUT2D eigenvalue weighted by Crippen LogP contribution is -2.52. The Morgan fingerprint density at radius 3 is 3.00 bits per heavy atom. The summed E-state index contributed by atoms with van der Waals surface area (Å²) < 4.78 is 0. The monoisotopic (exact) mass is 304 g/mol. The van der Waals surface area contributed by atoms with Gasteiger partial charge in [0.1, 0.15) is 0 Å². The third kappa shape index (κ3) is 2.95. The van der Waals surface area contributed by atoms with Gasteiger partial charge in [-0.25, -0.2) is 0 Å². The van der Waals surface area contributed by atoms with Crippen LogP contribution in [-0.4, -0.2) is 54.5 Å². The van der Waals surface area contributed by atoms with Gasteiger partial charge in [0.25, 0.3) is 5.69 Å². The molecule has 2 heterocycles. The molecule has 118 valence electrons. The van der Waals surface area contributed by atoms with Gasteiger partial charge in [0.15, 0.2) is 0 Å². The molecule has 22 heavy (non-hydrogen) atoms. The maximum Gasteiger partial charge on any atom is 0.271 e. The molecule has 0 unspecified atom stereocenters. The van der Waals surface area contributed by atoms with E-state index in [0.29, 0.717) is 24.8 Å². The highest BCUT2D eigenvalue weighted by atomic mass is 16.6. The average molecular weight is 304 g/mol. The third-order valence-corrected chi connectivity index (χ3v) is 4.29. The van der Waals surface area contributed by atoms with Crippen molar-refractivity contribution in [2.24, 2.45) is 0 Å². The molecule has 1 aromatic carbocycles. The van der Waals surface area contributed by atoms with Crippen LogP contribution in [0.15, 0.2) is 18.2 Å². The van der Waals surface area contributed by atoms with Crippen LogP contribution in [0.3, 0.4) is 0 Å². The molecule has 1 aromatic rings. The molecule has 0 aromatic heterocycles.